The standard InChI is InChI=1S/C11H11N3O3/c1-8-11(14(16)17,10(15)13-12-8)7-9-5-3-2-4-6-9/h2-6H,7H2,1H3,(H,13,15). The van der Waals surface area contributed by atoms with E-state index in [1.807, 2.05) is 6.07 Å². The lowest BCUT2D eigenvalue weighted by atomic mass is 9.87. The SMILES string of the molecule is CC1=NNC(=O)C1(Cc1ccccc1)[N+](=O)[O-]. The topological polar surface area (TPSA) is 84.6 Å². The highest BCUT2D eigenvalue weighted by molar-refractivity contribution is 6.14. The van der Waals surface area contributed by atoms with Gasteiger partial charge in [-0.2, -0.15) is 5.10 Å². The average Bonchev–Trinajstić information content (AvgIpc) is 2.59. The number of hydrogen-bond donors (Lipinski definition) is 1. The summed E-state index contributed by atoms with van der Waals surface area (Å²) in [4.78, 5) is 22.3. The fourth-order valence-corrected chi connectivity index (χ4v) is 1.86. The van der Waals surface area contributed by atoms with E-state index >= 15 is 0 Å². The Morgan fingerprint density at radius 3 is 2.53 bits per heavy atom. The van der Waals surface area contributed by atoms with Crippen molar-refractivity contribution in [3.05, 3.63) is 46.0 Å². The van der Waals surface area contributed by atoms with Gasteiger partial charge < -0.3 is 0 Å². The van der Waals surface area contributed by atoms with Crippen molar-refractivity contribution in [1.29, 1.82) is 0 Å². The first kappa shape index (κ1) is 11.3. The number of nitrogens with zero attached hydrogens (tertiary/aromatic N) is 2. The van der Waals surface area contributed by atoms with Gasteiger partial charge in [-0.3, -0.25) is 14.9 Å². The maximum Gasteiger partial charge on any atom is 0.343 e. The summed E-state index contributed by atoms with van der Waals surface area (Å²) in [5.41, 5.74) is 1.33. The Bertz CT molecular complexity index is 498. The quantitative estimate of drug-likeness (QED) is 0.617. The lowest BCUT2D eigenvalue weighted by Gasteiger charge is -2.17. The van der Waals surface area contributed by atoms with Gasteiger partial charge >= 0.3 is 11.4 Å². The van der Waals surface area contributed by atoms with Crippen LogP contribution < -0.4 is 5.43 Å². The summed E-state index contributed by atoms with van der Waals surface area (Å²) in [6, 6.07) is 8.89. The highest BCUT2D eigenvalue weighted by Crippen LogP contribution is 2.23. The van der Waals surface area contributed by atoms with Gasteiger partial charge in [0.2, 0.25) is 0 Å². The van der Waals surface area contributed by atoms with Gasteiger partial charge in [-0.25, -0.2) is 5.43 Å². The second kappa shape index (κ2) is 3.97. The van der Waals surface area contributed by atoms with E-state index in [-0.39, 0.29) is 12.1 Å². The number of hydrogen-bond acceptors (Lipinski definition) is 4. The summed E-state index contributed by atoms with van der Waals surface area (Å²) in [6.07, 6.45) is 0.0159. The van der Waals surface area contributed by atoms with Crippen LogP contribution in [0.1, 0.15) is 12.5 Å². The van der Waals surface area contributed by atoms with E-state index in [2.05, 4.69) is 10.5 Å². The fraction of sp³-hybridized carbons (Fsp3) is 0.273. The second-order valence-corrected chi connectivity index (χ2v) is 3.92. The van der Waals surface area contributed by atoms with Crippen molar-refractivity contribution < 1.29 is 9.72 Å². The van der Waals surface area contributed by atoms with Gasteiger partial charge in [-0.05, 0) is 12.5 Å². The van der Waals surface area contributed by atoms with E-state index in [0.29, 0.717) is 0 Å². The Kier molecular flexibility index (Phi) is 2.63. The van der Waals surface area contributed by atoms with E-state index in [1.54, 1.807) is 24.3 Å². The maximum absolute atomic E-state index is 11.7. The zero-order chi connectivity index (χ0) is 12.5. The minimum absolute atomic E-state index is 0.0159. The van der Waals surface area contributed by atoms with Crippen LogP contribution in [0, 0.1) is 10.1 Å². The third-order valence-corrected chi connectivity index (χ3v) is 2.91. The molecule has 0 aromatic heterocycles. The number of amides is 1. The molecular formula is C11H11N3O3. The molecule has 1 aromatic rings. The molecule has 1 aliphatic rings. The summed E-state index contributed by atoms with van der Waals surface area (Å²) in [6.45, 7) is 1.49. The molecule has 0 aliphatic carbocycles. The molecule has 1 unspecified atom stereocenters. The van der Waals surface area contributed by atoms with Crippen LogP contribution >= 0.6 is 0 Å². The number of rotatable bonds is 3. The molecule has 1 amide bonds. The van der Waals surface area contributed by atoms with E-state index in [4.69, 9.17) is 0 Å². The molecule has 2 rings (SSSR count). The minimum atomic E-state index is -1.76. The molecule has 0 fully saturated rings. The summed E-state index contributed by atoms with van der Waals surface area (Å²) in [7, 11) is 0. The van der Waals surface area contributed by atoms with Gasteiger partial charge in [-0.1, -0.05) is 30.3 Å². The molecule has 0 saturated heterocycles. The lowest BCUT2D eigenvalue weighted by molar-refractivity contribution is -0.529. The van der Waals surface area contributed by atoms with E-state index in [0.717, 1.165) is 5.56 Å². The normalized spacial score (nSPS) is 23.1. The molecule has 0 saturated carbocycles. The predicted octanol–water partition coefficient (Wildman–Crippen LogP) is 0.750. The highest BCUT2D eigenvalue weighted by Gasteiger charge is 2.57. The van der Waals surface area contributed by atoms with Crippen LogP contribution in [0.3, 0.4) is 0 Å². The molecule has 1 atom stereocenters. The van der Waals surface area contributed by atoms with Crippen molar-refractivity contribution in [2.45, 2.75) is 18.9 Å². The van der Waals surface area contributed by atoms with Crippen molar-refractivity contribution in [3.63, 3.8) is 0 Å². The zero-order valence-corrected chi connectivity index (χ0v) is 9.21. The van der Waals surface area contributed by atoms with Crippen LogP contribution in [0.25, 0.3) is 0 Å². The van der Waals surface area contributed by atoms with Crippen LogP contribution in [0.5, 0.6) is 0 Å². The number of nitrogens with one attached hydrogen (secondary N) is 1. The Morgan fingerprint density at radius 1 is 1.41 bits per heavy atom. The molecule has 88 valence electrons. The molecule has 1 aromatic carbocycles. The molecule has 17 heavy (non-hydrogen) atoms. The average molecular weight is 233 g/mol. The number of carbonyl (C=O) groups excluding carboxylic acids is 1. The molecule has 1 heterocycles. The zero-order valence-electron chi connectivity index (χ0n) is 9.21. The molecule has 0 bridgehead atoms. The highest BCUT2D eigenvalue weighted by atomic mass is 16.6. The number of nitro groups is 1. The molecule has 6 nitrogen and oxygen atoms in total. The van der Waals surface area contributed by atoms with Crippen molar-refractivity contribution in [3.8, 4) is 0 Å². The lowest BCUT2D eigenvalue weighted by Crippen LogP contribution is -2.53. The van der Waals surface area contributed by atoms with Crippen molar-refractivity contribution in [2.75, 3.05) is 0 Å². The van der Waals surface area contributed by atoms with Crippen LogP contribution in [0.4, 0.5) is 0 Å². The fourth-order valence-electron chi connectivity index (χ4n) is 1.86. The van der Waals surface area contributed by atoms with Crippen LogP contribution in [0.15, 0.2) is 35.4 Å². The van der Waals surface area contributed by atoms with Crippen LogP contribution in [-0.2, 0) is 11.2 Å². The summed E-state index contributed by atoms with van der Waals surface area (Å²) in [5.74, 6) is -0.677. The Morgan fingerprint density at radius 2 is 2.06 bits per heavy atom. The van der Waals surface area contributed by atoms with E-state index in [1.165, 1.54) is 6.92 Å². The minimum Gasteiger partial charge on any atom is -0.264 e. The van der Waals surface area contributed by atoms with Gasteiger partial charge in [0.1, 0.15) is 5.71 Å². The first-order valence-corrected chi connectivity index (χ1v) is 5.11. The Balaban J connectivity index is 2.41. The summed E-state index contributed by atoms with van der Waals surface area (Å²) < 4.78 is 0. The molecule has 1 N–H and O–H groups in total. The first-order valence-electron chi connectivity index (χ1n) is 5.11. The van der Waals surface area contributed by atoms with Crippen molar-refractivity contribution in [1.82, 2.24) is 5.43 Å². The number of hydrazone groups is 1. The van der Waals surface area contributed by atoms with Crippen LogP contribution in [0.2, 0.25) is 0 Å². The molecule has 1 aliphatic heterocycles. The Labute approximate surface area is 97.5 Å². The van der Waals surface area contributed by atoms with Gasteiger partial charge in [0.05, 0.1) is 6.42 Å². The molecular weight excluding hydrogens is 222 g/mol. The van der Waals surface area contributed by atoms with Crippen molar-refractivity contribution >= 4 is 11.6 Å². The molecule has 6 heteroatoms. The number of carbonyl (C=O) groups is 1. The predicted molar refractivity (Wildman–Crippen MR) is 61.1 cm³/mol. The monoisotopic (exact) mass is 233 g/mol. The summed E-state index contributed by atoms with van der Waals surface area (Å²) in [5, 5.41) is 14.9. The van der Waals surface area contributed by atoms with Gasteiger partial charge in [0.25, 0.3) is 0 Å². The molecule has 0 radical (unpaired) electrons. The first-order chi connectivity index (χ1) is 8.07. The molecule has 0 spiro atoms. The van der Waals surface area contributed by atoms with Gasteiger partial charge in [0, 0.05) is 4.92 Å². The second-order valence-electron chi connectivity index (χ2n) is 3.92. The largest absolute Gasteiger partial charge is 0.343 e. The van der Waals surface area contributed by atoms with E-state index < -0.39 is 16.4 Å². The summed E-state index contributed by atoms with van der Waals surface area (Å²) >= 11 is 0. The van der Waals surface area contributed by atoms with Gasteiger partial charge in [0.15, 0.2) is 0 Å². The van der Waals surface area contributed by atoms with Crippen LogP contribution in [-0.4, -0.2) is 22.1 Å². The maximum atomic E-state index is 11.7. The van der Waals surface area contributed by atoms with E-state index in [9.17, 15) is 14.9 Å². The third kappa shape index (κ3) is 1.67. The van der Waals surface area contributed by atoms with Gasteiger partial charge in [-0.15, -0.1) is 0 Å². The third-order valence-electron chi connectivity index (χ3n) is 2.91. The Hall–Kier alpha value is -2.24. The smallest absolute Gasteiger partial charge is 0.264 e. The number of benzene rings is 1. The van der Waals surface area contributed by atoms with Crippen molar-refractivity contribution in [2.24, 2.45) is 5.10 Å².